The highest BCUT2D eigenvalue weighted by Crippen LogP contribution is 2.24. The zero-order valence-corrected chi connectivity index (χ0v) is 18.0. The van der Waals surface area contributed by atoms with Crippen LogP contribution in [-0.2, 0) is 4.79 Å². The Morgan fingerprint density at radius 2 is 1.68 bits per heavy atom. The number of hydrogen-bond donors (Lipinski definition) is 2. The van der Waals surface area contributed by atoms with Crippen molar-refractivity contribution in [2.45, 2.75) is 11.8 Å². The zero-order valence-electron chi connectivity index (χ0n) is 16.4. The summed E-state index contributed by atoms with van der Waals surface area (Å²) in [6.45, 7) is 1.84. The Morgan fingerprint density at radius 1 is 1.00 bits per heavy atom. The lowest BCUT2D eigenvalue weighted by Crippen LogP contribution is -2.14. The first-order chi connectivity index (χ1) is 14.8. The number of anilines is 2. The fourth-order valence-electron chi connectivity index (χ4n) is 2.65. The smallest absolute Gasteiger partial charge is 0.269 e. The van der Waals surface area contributed by atoms with Gasteiger partial charge in [-0.25, -0.2) is 0 Å². The van der Waals surface area contributed by atoms with Gasteiger partial charge in [0.05, 0.1) is 10.7 Å². The third kappa shape index (κ3) is 6.07. The fraction of sp³-hybridized carbons (Fsp3) is 0.0909. The van der Waals surface area contributed by atoms with Crippen molar-refractivity contribution in [3.05, 3.63) is 93.0 Å². The first-order valence-corrected chi connectivity index (χ1v) is 10.5. The average Bonchev–Trinajstić information content (AvgIpc) is 2.76. The summed E-state index contributed by atoms with van der Waals surface area (Å²) in [5.41, 5.74) is 2.31. The highest BCUT2D eigenvalue weighted by Gasteiger charge is 2.11. The van der Waals surface area contributed by atoms with Gasteiger partial charge in [0, 0.05) is 39.0 Å². The van der Waals surface area contributed by atoms with E-state index in [2.05, 4.69) is 10.6 Å². The number of non-ortho nitro benzene ring substituents is 1. The van der Waals surface area contributed by atoms with Gasteiger partial charge in [-0.1, -0.05) is 17.7 Å². The van der Waals surface area contributed by atoms with E-state index in [9.17, 15) is 19.7 Å². The molecule has 3 aromatic carbocycles. The van der Waals surface area contributed by atoms with E-state index in [4.69, 9.17) is 11.6 Å². The van der Waals surface area contributed by atoms with E-state index in [1.807, 2.05) is 6.92 Å². The summed E-state index contributed by atoms with van der Waals surface area (Å²) >= 11 is 7.43. The molecule has 0 saturated heterocycles. The van der Waals surface area contributed by atoms with E-state index in [1.54, 1.807) is 42.5 Å². The van der Waals surface area contributed by atoms with Gasteiger partial charge < -0.3 is 10.6 Å². The van der Waals surface area contributed by atoms with Crippen LogP contribution in [0.1, 0.15) is 15.9 Å². The highest BCUT2D eigenvalue weighted by atomic mass is 35.5. The largest absolute Gasteiger partial charge is 0.325 e. The number of thioether (sulfide) groups is 1. The van der Waals surface area contributed by atoms with Crippen LogP contribution in [0.5, 0.6) is 0 Å². The molecule has 0 fully saturated rings. The quantitative estimate of drug-likeness (QED) is 0.276. The van der Waals surface area contributed by atoms with Crippen molar-refractivity contribution in [3.63, 3.8) is 0 Å². The number of carbonyl (C=O) groups excluding carboxylic acids is 2. The van der Waals surface area contributed by atoms with Crippen LogP contribution in [0, 0.1) is 17.0 Å². The Balaban J connectivity index is 1.52. The van der Waals surface area contributed by atoms with E-state index >= 15 is 0 Å². The first kappa shape index (κ1) is 22.3. The maximum atomic E-state index is 12.3. The predicted octanol–water partition coefficient (Wildman–Crippen LogP) is 5.54. The van der Waals surface area contributed by atoms with Gasteiger partial charge in [0.2, 0.25) is 5.91 Å². The van der Waals surface area contributed by atoms with Crippen molar-refractivity contribution in [1.29, 1.82) is 0 Å². The van der Waals surface area contributed by atoms with Crippen molar-refractivity contribution < 1.29 is 14.5 Å². The number of nitrogens with one attached hydrogen (secondary N) is 2. The summed E-state index contributed by atoms with van der Waals surface area (Å²) in [5, 5.41) is 16.9. The monoisotopic (exact) mass is 455 g/mol. The Bertz CT molecular complexity index is 1120. The van der Waals surface area contributed by atoms with E-state index in [0.717, 1.165) is 10.5 Å². The molecular formula is C22H18ClN3O4S. The summed E-state index contributed by atoms with van der Waals surface area (Å²) in [6.07, 6.45) is 0. The van der Waals surface area contributed by atoms with E-state index in [-0.39, 0.29) is 23.3 Å². The normalized spacial score (nSPS) is 10.4. The molecule has 0 saturated carbocycles. The Labute approximate surface area is 188 Å². The number of hydrogen-bond acceptors (Lipinski definition) is 5. The van der Waals surface area contributed by atoms with Crippen LogP contribution < -0.4 is 10.6 Å². The second-order valence-electron chi connectivity index (χ2n) is 6.53. The van der Waals surface area contributed by atoms with Crippen molar-refractivity contribution >= 4 is 52.2 Å². The number of benzene rings is 3. The highest BCUT2D eigenvalue weighted by molar-refractivity contribution is 8.00. The van der Waals surface area contributed by atoms with Crippen molar-refractivity contribution in [3.8, 4) is 0 Å². The molecule has 0 aromatic heterocycles. The topological polar surface area (TPSA) is 101 Å². The van der Waals surface area contributed by atoms with Gasteiger partial charge in [0.15, 0.2) is 0 Å². The fourth-order valence-corrected chi connectivity index (χ4v) is 3.52. The number of nitro benzene ring substituents is 1. The summed E-state index contributed by atoms with van der Waals surface area (Å²) in [6, 6.07) is 17.8. The molecule has 2 N–H and O–H groups in total. The van der Waals surface area contributed by atoms with Gasteiger partial charge in [-0.2, -0.15) is 0 Å². The summed E-state index contributed by atoms with van der Waals surface area (Å²) in [4.78, 5) is 35.5. The number of amides is 2. The van der Waals surface area contributed by atoms with E-state index in [0.29, 0.717) is 22.0 Å². The molecule has 0 aliphatic carbocycles. The minimum Gasteiger partial charge on any atom is -0.325 e. The summed E-state index contributed by atoms with van der Waals surface area (Å²) in [5.74, 6) is -0.294. The molecule has 31 heavy (non-hydrogen) atoms. The molecule has 0 atom stereocenters. The lowest BCUT2D eigenvalue weighted by Gasteiger charge is -2.10. The van der Waals surface area contributed by atoms with Crippen molar-refractivity contribution in [1.82, 2.24) is 0 Å². The Morgan fingerprint density at radius 3 is 2.32 bits per heavy atom. The SMILES string of the molecule is Cc1c(Cl)cccc1NC(=O)CSc1ccc(NC(=O)c2ccc([N+](=O)[O-])cc2)cc1. The maximum Gasteiger partial charge on any atom is 0.269 e. The van der Waals surface area contributed by atoms with Gasteiger partial charge in [-0.15, -0.1) is 11.8 Å². The molecule has 0 radical (unpaired) electrons. The van der Waals surface area contributed by atoms with Gasteiger partial charge in [-0.3, -0.25) is 19.7 Å². The lowest BCUT2D eigenvalue weighted by molar-refractivity contribution is -0.384. The van der Waals surface area contributed by atoms with Crippen LogP contribution in [-0.4, -0.2) is 22.5 Å². The third-order valence-electron chi connectivity index (χ3n) is 4.36. The van der Waals surface area contributed by atoms with Crippen LogP contribution >= 0.6 is 23.4 Å². The van der Waals surface area contributed by atoms with Crippen LogP contribution in [0.3, 0.4) is 0 Å². The number of carbonyl (C=O) groups is 2. The first-order valence-electron chi connectivity index (χ1n) is 9.17. The number of rotatable bonds is 7. The number of nitro groups is 1. The Hall–Kier alpha value is -3.36. The van der Waals surface area contributed by atoms with Gasteiger partial charge >= 0.3 is 0 Å². The average molecular weight is 456 g/mol. The second-order valence-corrected chi connectivity index (χ2v) is 7.99. The van der Waals surface area contributed by atoms with Crippen LogP contribution in [0.4, 0.5) is 17.1 Å². The van der Waals surface area contributed by atoms with Gasteiger partial charge in [0.1, 0.15) is 0 Å². The molecule has 0 bridgehead atoms. The summed E-state index contributed by atoms with van der Waals surface area (Å²) in [7, 11) is 0. The molecule has 3 rings (SSSR count). The molecule has 158 valence electrons. The van der Waals surface area contributed by atoms with Gasteiger partial charge in [0.25, 0.3) is 11.6 Å². The molecule has 0 spiro atoms. The van der Waals surface area contributed by atoms with Crippen molar-refractivity contribution in [2.75, 3.05) is 16.4 Å². The maximum absolute atomic E-state index is 12.3. The second kappa shape index (κ2) is 10.1. The number of halogens is 1. The lowest BCUT2D eigenvalue weighted by atomic mass is 10.2. The van der Waals surface area contributed by atoms with E-state index in [1.165, 1.54) is 36.0 Å². The minimum absolute atomic E-state index is 0.0764. The van der Waals surface area contributed by atoms with Crippen LogP contribution in [0.15, 0.2) is 71.6 Å². The molecule has 0 unspecified atom stereocenters. The molecule has 2 amide bonds. The van der Waals surface area contributed by atoms with Crippen LogP contribution in [0.25, 0.3) is 0 Å². The predicted molar refractivity (Wildman–Crippen MR) is 123 cm³/mol. The molecule has 0 aliphatic heterocycles. The standard InChI is InChI=1S/C22H18ClN3O4S/c1-14-19(23)3-2-4-20(14)25-21(27)13-31-18-11-7-16(8-12-18)24-22(28)15-5-9-17(10-6-15)26(29)30/h2-12H,13H2,1H3,(H,24,28)(H,25,27). The molecule has 3 aromatic rings. The zero-order chi connectivity index (χ0) is 22.4. The van der Waals surface area contributed by atoms with Crippen molar-refractivity contribution in [2.24, 2.45) is 0 Å². The minimum atomic E-state index is -0.519. The number of nitrogens with zero attached hydrogens (tertiary/aromatic N) is 1. The van der Waals surface area contributed by atoms with Crippen LogP contribution in [0.2, 0.25) is 5.02 Å². The molecule has 0 heterocycles. The molecule has 9 heteroatoms. The molecule has 0 aliphatic rings. The third-order valence-corrected chi connectivity index (χ3v) is 5.79. The molecular weight excluding hydrogens is 438 g/mol. The molecule has 7 nitrogen and oxygen atoms in total. The Kier molecular flexibility index (Phi) is 7.28. The van der Waals surface area contributed by atoms with Gasteiger partial charge in [-0.05, 0) is 61.0 Å². The summed E-state index contributed by atoms with van der Waals surface area (Å²) < 4.78 is 0. The van der Waals surface area contributed by atoms with E-state index < -0.39 is 4.92 Å².